The van der Waals surface area contributed by atoms with Gasteiger partial charge in [-0.1, -0.05) is 5.92 Å². The Morgan fingerprint density at radius 1 is 1.78 bits per heavy atom. The molecule has 0 rings (SSSR count). The van der Waals surface area contributed by atoms with Gasteiger partial charge in [0.1, 0.15) is 0 Å². The van der Waals surface area contributed by atoms with Gasteiger partial charge in [0.2, 0.25) is 0 Å². The molecule has 0 aromatic carbocycles. The molecule has 0 aliphatic heterocycles. The van der Waals surface area contributed by atoms with Crippen molar-refractivity contribution in [3.05, 3.63) is 0 Å². The number of ether oxygens (including phenoxy) is 1. The Bertz CT molecular complexity index is 151. The molecule has 0 aliphatic rings. The number of hydrogen-bond acceptors (Lipinski definition) is 2. The molecule has 0 aliphatic carbocycles. The van der Waals surface area contributed by atoms with E-state index >= 15 is 0 Å². The van der Waals surface area contributed by atoms with Crippen molar-refractivity contribution in [3.8, 4) is 11.8 Å². The summed E-state index contributed by atoms with van der Waals surface area (Å²) in [5.41, 5.74) is 0. The van der Waals surface area contributed by atoms with Crippen LogP contribution >= 0.6 is 0 Å². The molecule has 0 fully saturated rings. The third kappa shape index (κ3) is 4.69. The minimum Gasteiger partial charge on any atom is -0.450 e. The van der Waals surface area contributed by atoms with Crippen LogP contribution in [0.5, 0.6) is 0 Å². The highest BCUT2D eigenvalue weighted by Crippen LogP contribution is 1.86. The summed E-state index contributed by atoms with van der Waals surface area (Å²) in [6.45, 7) is 3.20. The van der Waals surface area contributed by atoms with Crippen molar-refractivity contribution in [2.24, 2.45) is 0 Å². The minimum atomic E-state index is -1.29. The van der Waals surface area contributed by atoms with E-state index in [2.05, 4.69) is 16.6 Å². The van der Waals surface area contributed by atoms with Crippen LogP contribution in [-0.2, 0) is 4.74 Å². The smallest absolute Gasteiger partial charge is 0.450 e. The van der Waals surface area contributed by atoms with Gasteiger partial charge in [-0.15, -0.1) is 5.92 Å². The molecule has 1 unspecified atom stereocenters. The molecule has 3 nitrogen and oxygen atoms in total. The molecule has 50 valence electrons. The van der Waals surface area contributed by atoms with Crippen molar-refractivity contribution >= 4 is 6.16 Å². The summed E-state index contributed by atoms with van der Waals surface area (Å²) in [6.07, 6.45) is -1.81. The van der Waals surface area contributed by atoms with Crippen molar-refractivity contribution in [1.82, 2.24) is 0 Å². The second kappa shape index (κ2) is 3.79. The Kier molecular flexibility index (Phi) is 3.29. The van der Waals surface area contributed by atoms with Crippen molar-refractivity contribution in [3.63, 3.8) is 0 Å². The lowest BCUT2D eigenvalue weighted by Gasteiger charge is -1.99. The average Bonchev–Trinajstić information content (AvgIpc) is 1.63. The zero-order chi connectivity index (χ0) is 7.28. The van der Waals surface area contributed by atoms with Gasteiger partial charge in [-0.2, -0.15) is 0 Å². The maximum atomic E-state index is 9.79. The normalized spacial score (nSPS) is 10.9. The third-order valence-electron chi connectivity index (χ3n) is 0.625. The Balaban J connectivity index is 3.59. The summed E-state index contributed by atoms with van der Waals surface area (Å²) in [4.78, 5) is 9.79. The minimum absolute atomic E-state index is 0.521. The van der Waals surface area contributed by atoms with E-state index < -0.39 is 12.3 Å². The molecule has 0 saturated heterocycles. The van der Waals surface area contributed by atoms with Gasteiger partial charge in [-0.05, 0) is 13.8 Å². The number of carboxylic acid groups (broad SMARTS) is 1. The first-order valence-corrected chi connectivity index (χ1v) is 2.48. The molecule has 0 aromatic rings. The third-order valence-corrected chi connectivity index (χ3v) is 0.625. The van der Waals surface area contributed by atoms with E-state index in [4.69, 9.17) is 5.11 Å². The molecular weight excluding hydrogens is 120 g/mol. The maximum absolute atomic E-state index is 9.79. The fourth-order valence-electron chi connectivity index (χ4n) is 0.384. The monoisotopic (exact) mass is 128 g/mol. The van der Waals surface area contributed by atoms with E-state index in [1.807, 2.05) is 0 Å². The zero-order valence-electron chi connectivity index (χ0n) is 5.34. The molecular formula is C6H8O3. The first-order valence-electron chi connectivity index (χ1n) is 2.48. The van der Waals surface area contributed by atoms with Crippen molar-refractivity contribution < 1.29 is 14.6 Å². The van der Waals surface area contributed by atoms with Crippen LogP contribution in [0, 0.1) is 11.8 Å². The van der Waals surface area contributed by atoms with E-state index in [-0.39, 0.29) is 0 Å². The standard InChI is InChI=1S/C6H8O3/c1-3-4-5(2)9-6(7)8/h5H,1-2H3,(H,7,8). The summed E-state index contributed by atoms with van der Waals surface area (Å²) in [5.74, 6) is 5.06. The Morgan fingerprint density at radius 2 is 2.33 bits per heavy atom. The lowest BCUT2D eigenvalue weighted by atomic mass is 10.4. The molecule has 9 heavy (non-hydrogen) atoms. The van der Waals surface area contributed by atoms with Crippen LogP contribution in [0.4, 0.5) is 4.79 Å². The Labute approximate surface area is 53.6 Å². The van der Waals surface area contributed by atoms with E-state index in [1.165, 1.54) is 0 Å². The Hall–Kier alpha value is -1.17. The molecule has 1 N–H and O–H groups in total. The topological polar surface area (TPSA) is 46.5 Å². The summed E-state index contributed by atoms with van der Waals surface area (Å²) < 4.78 is 4.23. The van der Waals surface area contributed by atoms with Crippen LogP contribution in [0.25, 0.3) is 0 Å². The number of rotatable bonds is 1. The quantitative estimate of drug-likeness (QED) is 0.424. The molecule has 3 heteroatoms. The SMILES string of the molecule is CC#CC(C)OC(=O)O. The summed E-state index contributed by atoms with van der Waals surface area (Å²) >= 11 is 0. The lowest BCUT2D eigenvalue weighted by Crippen LogP contribution is -2.09. The predicted octanol–water partition coefficient (Wildman–Crippen LogP) is 1.09. The molecule has 0 bridgehead atoms. The largest absolute Gasteiger partial charge is 0.507 e. The zero-order valence-corrected chi connectivity index (χ0v) is 5.34. The van der Waals surface area contributed by atoms with Gasteiger partial charge in [-0.3, -0.25) is 0 Å². The van der Waals surface area contributed by atoms with Gasteiger partial charge < -0.3 is 9.84 Å². The van der Waals surface area contributed by atoms with Crippen LogP contribution < -0.4 is 0 Å². The van der Waals surface area contributed by atoms with Gasteiger partial charge in [0.05, 0.1) is 0 Å². The molecule has 0 aromatic heterocycles. The van der Waals surface area contributed by atoms with E-state index in [1.54, 1.807) is 13.8 Å². The first-order chi connectivity index (χ1) is 4.16. The van der Waals surface area contributed by atoms with Gasteiger partial charge in [0, 0.05) is 0 Å². The molecule has 0 radical (unpaired) electrons. The number of carbonyl (C=O) groups is 1. The van der Waals surface area contributed by atoms with Crippen molar-refractivity contribution in [2.75, 3.05) is 0 Å². The van der Waals surface area contributed by atoms with E-state index in [0.717, 1.165) is 0 Å². The maximum Gasteiger partial charge on any atom is 0.507 e. The second-order valence-corrected chi connectivity index (χ2v) is 1.42. The highest BCUT2D eigenvalue weighted by atomic mass is 16.7. The van der Waals surface area contributed by atoms with Crippen LogP contribution in [0.2, 0.25) is 0 Å². The summed E-state index contributed by atoms with van der Waals surface area (Å²) in [7, 11) is 0. The van der Waals surface area contributed by atoms with Crippen molar-refractivity contribution in [2.45, 2.75) is 20.0 Å². The molecule has 0 amide bonds. The lowest BCUT2D eigenvalue weighted by molar-refractivity contribution is 0.0781. The van der Waals surface area contributed by atoms with Crippen LogP contribution in [0.1, 0.15) is 13.8 Å². The molecule has 0 heterocycles. The van der Waals surface area contributed by atoms with Gasteiger partial charge in [0.25, 0.3) is 0 Å². The van der Waals surface area contributed by atoms with Crippen LogP contribution in [0.15, 0.2) is 0 Å². The average molecular weight is 128 g/mol. The highest BCUT2D eigenvalue weighted by molar-refractivity contribution is 5.57. The fourth-order valence-corrected chi connectivity index (χ4v) is 0.384. The predicted molar refractivity (Wildman–Crippen MR) is 32.0 cm³/mol. The van der Waals surface area contributed by atoms with Gasteiger partial charge in [-0.25, -0.2) is 4.79 Å². The molecule has 0 saturated carbocycles. The number of hydrogen-bond donors (Lipinski definition) is 1. The van der Waals surface area contributed by atoms with Gasteiger partial charge >= 0.3 is 6.16 Å². The first kappa shape index (κ1) is 7.83. The summed E-state index contributed by atoms with van der Waals surface area (Å²) in [5, 5.41) is 8.02. The highest BCUT2D eigenvalue weighted by Gasteiger charge is 2.00. The second-order valence-electron chi connectivity index (χ2n) is 1.42. The van der Waals surface area contributed by atoms with Crippen molar-refractivity contribution in [1.29, 1.82) is 0 Å². The van der Waals surface area contributed by atoms with Gasteiger partial charge in [0.15, 0.2) is 6.10 Å². The fraction of sp³-hybridized carbons (Fsp3) is 0.500. The Morgan fingerprint density at radius 3 is 2.67 bits per heavy atom. The molecule has 0 spiro atoms. The van der Waals surface area contributed by atoms with E-state index in [0.29, 0.717) is 0 Å². The van der Waals surface area contributed by atoms with E-state index in [9.17, 15) is 4.79 Å². The molecule has 1 atom stereocenters. The van der Waals surface area contributed by atoms with Crippen LogP contribution in [-0.4, -0.2) is 17.4 Å². The van der Waals surface area contributed by atoms with Crippen LogP contribution in [0.3, 0.4) is 0 Å². The summed E-state index contributed by atoms with van der Waals surface area (Å²) in [6, 6.07) is 0.